The fourth-order valence-electron chi connectivity index (χ4n) is 3.79. The zero-order valence-electron chi connectivity index (χ0n) is 17.0. The quantitative estimate of drug-likeness (QED) is 0.517. The average Bonchev–Trinajstić information content (AvgIpc) is 3.31. The van der Waals surface area contributed by atoms with E-state index in [-0.39, 0.29) is 5.91 Å². The molecular formula is C24H22N6O. The Balaban J connectivity index is 1.42. The number of hydrogen-bond acceptors (Lipinski definition) is 5. The van der Waals surface area contributed by atoms with Crippen molar-refractivity contribution in [1.82, 2.24) is 24.6 Å². The molecule has 31 heavy (non-hydrogen) atoms. The van der Waals surface area contributed by atoms with Gasteiger partial charge in [0.15, 0.2) is 0 Å². The molecule has 5 rings (SSSR count). The van der Waals surface area contributed by atoms with Gasteiger partial charge >= 0.3 is 0 Å². The lowest BCUT2D eigenvalue weighted by atomic mass is 10.1. The Morgan fingerprint density at radius 2 is 1.42 bits per heavy atom. The SMILES string of the molecule is O=C(c1cn(-c2ccccc2)nc1-c1ccccc1)N1CCN(c2ncccn2)CC1. The first-order valence-electron chi connectivity index (χ1n) is 10.3. The third-order valence-corrected chi connectivity index (χ3v) is 5.41. The van der Waals surface area contributed by atoms with Crippen LogP contribution in [0, 0.1) is 0 Å². The fraction of sp³-hybridized carbons (Fsp3) is 0.167. The molecule has 154 valence electrons. The molecule has 3 heterocycles. The standard InChI is InChI=1S/C24H22N6O/c31-23(28-14-16-29(17-15-28)24-25-12-7-13-26-24)21-18-30(20-10-5-2-6-11-20)27-22(21)19-8-3-1-4-9-19/h1-13,18H,14-17H2. The Bertz CT molecular complexity index is 1150. The molecule has 1 saturated heterocycles. The van der Waals surface area contributed by atoms with Crippen molar-refractivity contribution in [2.24, 2.45) is 0 Å². The van der Waals surface area contributed by atoms with Crippen LogP contribution in [0.4, 0.5) is 5.95 Å². The molecular weight excluding hydrogens is 388 g/mol. The number of rotatable bonds is 4. The molecule has 0 unspecified atom stereocenters. The van der Waals surface area contributed by atoms with Gasteiger partial charge in [-0.25, -0.2) is 14.6 Å². The van der Waals surface area contributed by atoms with Crippen LogP contribution in [0.3, 0.4) is 0 Å². The van der Waals surface area contributed by atoms with E-state index in [1.165, 1.54) is 0 Å². The largest absolute Gasteiger partial charge is 0.337 e. The lowest BCUT2D eigenvalue weighted by Crippen LogP contribution is -2.49. The van der Waals surface area contributed by atoms with E-state index in [2.05, 4.69) is 14.9 Å². The van der Waals surface area contributed by atoms with Gasteiger partial charge in [-0.15, -0.1) is 0 Å². The van der Waals surface area contributed by atoms with E-state index in [1.807, 2.05) is 71.8 Å². The van der Waals surface area contributed by atoms with Crippen LogP contribution in [0.1, 0.15) is 10.4 Å². The lowest BCUT2D eigenvalue weighted by molar-refractivity contribution is 0.0747. The van der Waals surface area contributed by atoms with Gasteiger partial charge in [-0.2, -0.15) is 5.10 Å². The van der Waals surface area contributed by atoms with Crippen LogP contribution in [-0.4, -0.2) is 56.7 Å². The van der Waals surface area contributed by atoms with Crippen molar-refractivity contribution in [2.45, 2.75) is 0 Å². The molecule has 4 aromatic rings. The number of carbonyl (C=O) groups is 1. The summed E-state index contributed by atoms with van der Waals surface area (Å²) in [6.07, 6.45) is 5.32. The third kappa shape index (κ3) is 3.90. The number of hydrogen-bond donors (Lipinski definition) is 0. The van der Waals surface area contributed by atoms with Crippen LogP contribution < -0.4 is 4.90 Å². The maximum atomic E-state index is 13.5. The van der Waals surface area contributed by atoms with Crippen LogP contribution in [0.5, 0.6) is 0 Å². The summed E-state index contributed by atoms with van der Waals surface area (Å²) < 4.78 is 1.78. The van der Waals surface area contributed by atoms with E-state index in [1.54, 1.807) is 23.1 Å². The summed E-state index contributed by atoms with van der Waals surface area (Å²) in [5.74, 6) is 0.700. The van der Waals surface area contributed by atoms with Gasteiger partial charge in [-0.05, 0) is 18.2 Å². The van der Waals surface area contributed by atoms with Crippen LogP contribution in [0.25, 0.3) is 16.9 Å². The fourth-order valence-corrected chi connectivity index (χ4v) is 3.79. The number of piperazine rings is 1. The molecule has 1 aliphatic rings. The van der Waals surface area contributed by atoms with Gasteiger partial charge in [0.2, 0.25) is 5.95 Å². The Kier molecular flexibility index (Phi) is 5.14. The highest BCUT2D eigenvalue weighted by Crippen LogP contribution is 2.25. The van der Waals surface area contributed by atoms with Crippen molar-refractivity contribution >= 4 is 11.9 Å². The van der Waals surface area contributed by atoms with E-state index >= 15 is 0 Å². The van der Waals surface area contributed by atoms with Gasteiger partial charge in [0.25, 0.3) is 5.91 Å². The normalized spacial score (nSPS) is 13.9. The first-order valence-corrected chi connectivity index (χ1v) is 10.3. The second-order valence-corrected chi connectivity index (χ2v) is 7.37. The van der Waals surface area contributed by atoms with Gasteiger partial charge in [-0.3, -0.25) is 4.79 Å². The number of carbonyl (C=O) groups excluding carboxylic acids is 1. The molecule has 0 spiro atoms. The molecule has 0 bridgehead atoms. The number of anilines is 1. The average molecular weight is 410 g/mol. The van der Waals surface area contributed by atoms with Crippen molar-refractivity contribution in [3.05, 3.63) is 90.9 Å². The summed E-state index contributed by atoms with van der Waals surface area (Å²) in [6, 6.07) is 21.5. The van der Waals surface area contributed by atoms with Crippen LogP contribution in [-0.2, 0) is 0 Å². The minimum Gasteiger partial charge on any atom is -0.337 e. The second-order valence-electron chi connectivity index (χ2n) is 7.37. The predicted molar refractivity (Wildman–Crippen MR) is 119 cm³/mol. The lowest BCUT2D eigenvalue weighted by Gasteiger charge is -2.34. The van der Waals surface area contributed by atoms with E-state index < -0.39 is 0 Å². The molecule has 7 heteroatoms. The summed E-state index contributed by atoms with van der Waals surface area (Å²) in [4.78, 5) is 26.1. The maximum absolute atomic E-state index is 13.5. The smallest absolute Gasteiger partial charge is 0.257 e. The summed E-state index contributed by atoms with van der Waals surface area (Å²) in [7, 11) is 0. The van der Waals surface area contributed by atoms with Crippen molar-refractivity contribution in [3.8, 4) is 16.9 Å². The number of para-hydroxylation sites is 1. The first kappa shape index (κ1) is 19.0. The predicted octanol–water partition coefficient (Wildman–Crippen LogP) is 3.29. The Morgan fingerprint density at radius 3 is 2.10 bits per heavy atom. The van der Waals surface area contributed by atoms with E-state index in [0.717, 1.165) is 11.3 Å². The Hall–Kier alpha value is -4.00. The third-order valence-electron chi connectivity index (χ3n) is 5.41. The van der Waals surface area contributed by atoms with Crippen molar-refractivity contribution < 1.29 is 4.79 Å². The molecule has 7 nitrogen and oxygen atoms in total. The molecule has 0 saturated carbocycles. The van der Waals surface area contributed by atoms with Crippen molar-refractivity contribution in [2.75, 3.05) is 31.1 Å². The summed E-state index contributed by atoms with van der Waals surface area (Å²) in [6.45, 7) is 2.62. The first-order chi connectivity index (χ1) is 15.3. The minimum atomic E-state index is -0.00494. The van der Waals surface area contributed by atoms with Crippen LogP contribution in [0.15, 0.2) is 85.3 Å². The number of nitrogens with zero attached hydrogens (tertiary/aromatic N) is 6. The molecule has 0 radical (unpaired) electrons. The van der Waals surface area contributed by atoms with Crippen molar-refractivity contribution in [3.63, 3.8) is 0 Å². The van der Waals surface area contributed by atoms with E-state index in [0.29, 0.717) is 43.4 Å². The molecule has 1 fully saturated rings. The minimum absolute atomic E-state index is 0.00494. The van der Waals surface area contributed by atoms with Gasteiger partial charge in [0.1, 0.15) is 5.69 Å². The van der Waals surface area contributed by atoms with E-state index in [9.17, 15) is 4.79 Å². The molecule has 1 amide bonds. The molecule has 2 aromatic heterocycles. The van der Waals surface area contributed by atoms with E-state index in [4.69, 9.17) is 5.10 Å². The molecule has 0 atom stereocenters. The number of aromatic nitrogens is 4. The van der Waals surface area contributed by atoms with Gasteiger partial charge < -0.3 is 9.80 Å². The van der Waals surface area contributed by atoms with Crippen LogP contribution >= 0.6 is 0 Å². The highest BCUT2D eigenvalue weighted by Gasteiger charge is 2.27. The number of amides is 1. The zero-order chi connectivity index (χ0) is 21.0. The van der Waals surface area contributed by atoms with Gasteiger partial charge in [0.05, 0.1) is 11.3 Å². The van der Waals surface area contributed by atoms with Crippen LogP contribution in [0.2, 0.25) is 0 Å². The maximum Gasteiger partial charge on any atom is 0.257 e. The molecule has 1 aliphatic heterocycles. The molecule has 0 aliphatic carbocycles. The number of benzene rings is 2. The monoisotopic (exact) mass is 410 g/mol. The topological polar surface area (TPSA) is 67.2 Å². The second kappa shape index (κ2) is 8.39. The van der Waals surface area contributed by atoms with Crippen molar-refractivity contribution in [1.29, 1.82) is 0 Å². The summed E-state index contributed by atoms with van der Waals surface area (Å²) in [5, 5.41) is 4.77. The summed E-state index contributed by atoms with van der Waals surface area (Å²) in [5.41, 5.74) is 3.16. The summed E-state index contributed by atoms with van der Waals surface area (Å²) >= 11 is 0. The van der Waals surface area contributed by atoms with Gasteiger partial charge in [0, 0.05) is 50.3 Å². The highest BCUT2D eigenvalue weighted by atomic mass is 16.2. The van der Waals surface area contributed by atoms with Gasteiger partial charge in [-0.1, -0.05) is 48.5 Å². The Labute approximate surface area is 180 Å². The zero-order valence-corrected chi connectivity index (χ0v) is 17.0. The molecule has 0 N–H and O–H groups in total. The molecule has 2 aromatic carbocycles. The Morgan fingerprint density at radius 1 is 0.774 bits per heavy atom. The highest BCUT2D eigenvalue weighted by molar-refractivity contribution is 6.00.